The van der Waals surface area contributed by atoms with Crippen LogP contribution in [0.4, 0.5) is 4.39 Å². The summed E-state index contributed by atoms with van der Waals surface area (Å²) in [6.07, 6.45) is 0. The minimum absolute atomic E-state index is 0.0255. The average Bonchev–Trinajstić information content (AvgIpc) is 3.22. The molecule has 39 heavy (non-hydrogen) atoms. The second-order valence-corrected chi connectivity index (χ2v) is 11.4. The fourth-order valence-electron chi connectivity index (χ4n) is 5.08. The van der Waals surface area contributed by atoms with Crippen molar-refractivity contribution in [3.63, 3.8) is 0 Å². The van der Waals surface area contributed by atoms with Crippen molar-refractivity contribution in [3.8, 4) is 0 Å². The van der Waals surface area contributed by atoms with Crippen LogP contribution in [0.1, 0.15) is 17.2 Å². The number of ether oxygens (including phenoxy) is 2. The van der Waals surface area contributed by atoms with Gasteiger partial charge in [0.25, 0.3) is 11.7 Å². The van der Waals surface area contributed by atoms with Gasteiger partial charge in [0.1, 0.15) is 11.6 Å². The Kier molecular flexibility index (Phi) is 8.10. The average molecular weight is 560 g/mol. The Morgan fingerprint density at radius 3 is 2.15 bits per heavy atom. The molecule has 1 amide bonds. The third-order valence-electron chi connectivity index (χ3n) is 7.24. The van der Waals surface area contributed by atoms with Gasteiger partial charge in [0, 0.05) is 50.4 Å². The third kappa shape index (κ3) is 5.48. The van der Waals surface area contributed by atoms with Gasteiger partial charge in [-0.05, 0) is 30.3 Å². The molecule has 3 fully saturated rings. The number of rotatable bonds is 7. The summed E-state index contributed by atoms with van der Waals surface area (Å²) in [6.45, 7) is 4.16. The zero-order chi connectivity index (χ0) is 27.6. The van der Waals surface area contributed by atoms with E-state index in [-0.39, 0.29) is 41.2 Å². The van der Waals surface area contributed by atoms with Crippen LogP contribution in [-0.2, 0) is 29.1 Å². The summed E-state index contributed by atoms with van der Waals surface area (Å²) in [5.74, 6) is -2.86. The van der Waals surface area contributed by atoms with E-state index in [2.05, 4.69) is 4.90 Å². The molecule has 3 aliphatic rings. The number of carbonyl (C=O) groups excluding carboxylic acids is 2. The first kappa shape index (κ1) is 27.4. The molecule has 0 radical (unpaired) electrons. The molecule has 208 valence electrons. The Morgan fingerprint density at radius 1 is 0.897 bits per heavy atom. The van der Waals surface area contributed by atoms with Crippen molar-refractivity contribution in [1.82, 2.24) is 14.1 Å². The van der Waals surface area contributed by atoms with E-state index in [9.17, 15) is 23.1 Å². The van der Waals surface area contributed by atoms with Crippen molar-refractivity contribution >= 4 is 27.5 Å². The monoisotopic (exact) mass is 559 g/mol. The fraction of sp³-hybridized carbons (Fsp3) is 0.407. The van der Waals surface area contributed by atoms with Crippen molar-refractivity contribution in [3.05, 3.63) is 71.0 Å². The van der Waals surface area contributed by atoms with Crippen LogP contribution in [0.15, 0.2) is 59.0 Å². The van der Waals surface area contributed by atoms with Gasteiger partial charge in [-0.3, -0.25) is 14.5 Å². The van der Waals surface area contributed by atoms with Crippen molar-refractivity contribution < 1.29 is 37.0 Å². The normalized spacial score (nSPS) is 22.9. The fourth-order valence-corrected chi connectivity index (χ4v) is 6.49. The summed E-state index contributed by atoms with van der Waals surface area (Å²) in [5, 5.41) is 11.3. The molecule has 1 atom stereocenters. The number of hydrogen-bond donors (Lipinski definition) is 1. The molecule has 1 N–H and O–H groups in total. The number of hydrogen-bond acceptors (Lipinski definition) is 8. The van der Waals surface area contributed by atoms with Crippen LogP contribution < -0.4 is 0 Å². The van der Waals surface area contributed by atoms with Crippen LogP contribution in [0.25, 0.3) is 5.76 Å². The zero-order valence-corrected chi connectivity index (χ0v) is 22.1. The van der Waals surface area contributed by atoms with Crippen LogP contribution >= 0.6 is 0 Å². The Morgan fingerprint density at radius 2 is 1.51 bits per heavy atom. The lowest BCUT2D eigenvalue weighted by molar-refractivity contribution is -0.140. The largest absolute Gasteiger partial charge is 0.507 e. The quantitative estimate of drug-likeness (QED) is 0.309. The Hall–Kier alpha value is -3.16. The molecular formula is C27H30FN3O7S. The molecule has 0 aromatic heterocycles. The zero-order valence-electron chi connectivity index (χ0n) is 21.3. The van der Waals surface area contributed by atoms with Gasteiger partial charge in [0.15, 0.2) is 0 Å². The Balaban J connectivity index is 1.49. The molecule has 2 aromatic rings. The molecule has 0 unspecified atom stereocenters. The number of likely N-dealkylation sites (tertiary alicyclic amines) is 1. The van der Waals surface area contributed by atoms with Gasteiger partial charge in [0.05, 0.1) is 42.9 Å². The lowest BCUT2D eigenvalue weighted by atomic mass is 9.95. The minimum Gasteiger partial charge on any atom is -0.507 e. The number of amides is 1. The number of benzene rings is 2. The van der Waals surface area contributed by atoms with E-state index >= 15 is 4.39 Å². The molecule has 2 aromatic carbocycles. The van der Waals surface area contributed by atoms with Crippen molar-refractivity contribution in [1.29, 1.82) is 0 Å². The van der Waals surface area contributed by atoms with E-state index < -0.39 is 39.3 Å². The lowest BCUT2D eigenvalue weighted by Gasteiger charge is -2.31. The predicted octanol–water partition coefficient (Wildman–Crippen LogP) is 1.60. The molecule has 0 spiro atoms. The maximum atomic E-state index is 15.0. The molecule has 0 saturated carbocycles. The van der Waals surface area contributed by atoms with Gasteiger partial charge in [-0.25, -0.2) is 12.8 Å². The van der Waals surface area contributed by atoms with E-state index in [1.54, 1.807) is 6.07 Å². The molecule has 5 rings (SSSR count). The highest BCUT2D eigenvalue weighted by Crippen LogP contribution is 2.40. The predicted molar refractivity (Wildman–Crippen MR) is 139 cm³/mol. The molecule has 0 aliphatic carbocycles. The second kappa shape index (κ2) is 11.5. The van der Waals surface area contributed by atoms with E-state index in [4.69, 9.17) is 9.47 Å². The van der Waals surface area contributed by atoms with Gasteiger partial charge in [-0.1, -0.05) is 18.2 Å². The standard InChI is InChI=1S/C27H30FN3O7S/c28-22-4-2-1-3-21(22)24-23(26(33)27(34)31(24)10-9-29-11-15-37-16-12-29)25(32)19-5-7-20(8-6-19)39(35,36)30-13-17-38-18-14-30/h1-8,24,32H,9-18H2/t24-/m0/s1. The first-order valence-electron chi connectivity index (χ1n) is 12.8. The maximum absolute atomic E-state index is 15.0. The molecule has 12 heteroatoms. The summed E-state index contributed by atoms with van der Waals surface area (Å²) in [6, 6.07) is 10.1. The van der Waals surface area contributed by atoms with E-state index in [0.29, 0.717) is 46.1 Å². The molecule has 0 bridgehead atoms. The van der Waals surface area contributed by atoms with Gasteiger partial charge in [-0.15, -0.1) is 0 Å². The Bertz CT molecular complexity index is 1370. The topological polar surface area (TPSA) is 117 Å². The molecule has 3 saturated heterocycles. The number of morpholine rings is 2. The highest BCUT2D eigenvalue weighted by Gasteiger charge is 2.47. The lowest BCUT2D eigenvalue weighted by Crippen LogP contribution is -2.42. The first-order chi connectivity index (χ1) is 18.8. The highest BCUT2D eigenvalue weighted by molar-refractivity contribution is 7.89. The SMILES string of the molecule is O=C1C(=O)N(CCN2CCOCC2)[C@@H](c2ccccc2F)C1=C(O)c1ccc(S(=O)(=O)N2CCOCC2)cc1. The van der Waals surface area contributed by atoms with Gasteiger partial charge in [0.2, 0.25) is 10.0 Å². The minimum atomic E-state index is -3.77. The van der Waals surface area contributed by atoms with E-state index in [1.807, 2.05) is 0 Å². The van der Waals surface area contributed by atoms with Crippen LogP contribution in [0.3, 0.4) is 0 Å². The number of aliphatic hydroxyl groups excluding tert-OH is 1. The van der Waals surface area contributed by atoms with E-state index in [0.717, 1.165) is 0 Å². The number of aliphatic hydroxyl groups is 1. The second-order valence-electron chi connectivity index (χ2n) is 9.51. The van der Waals surface area contributed by atoms with Gasteiger partial charge >= 0.3 is 0 Å². The summed E-state index contributed by atoms with van der Waals surface area (Å²) in [7, 11) is -3.77. The summed E-state index contributed by atoms with van der Waals surface area (Å²) in [4.78, 5) is 29.8. The van der Waals surface area contributed by atoms with Crippen LogP contribution in [-0.4, -0.2) is 105 Å². The van der Waals surface area contributed by atoms with Crippen LogP contribution in [0.5, 0.6) is 0 Å². The smallest absolute Gasteiger partial charge is 0.295 e. The molecular weight excluding hydrogens is 529 g/mol. The number of halogens is 1. The number of ketones is 1. The third-order valence-corrected chi connectivity index (χ3v) is 9.15. The molecule has 10 nitrogen and oxygen atoms in total. The number of carbonyl (C=O) groups is 2. The molecule has 3 heterocycles. The van der Waals surface area contributed by atoms with Gasteiger partial charge < -0.3 is 19.5 Å². The molecule has 3 aliphatic heterocycles. The number of nitrogens with zero attached hydrogens (tertiary/aromatic N) is 3. The summed E-state index contributed by atoms with van der Waals surface area (Å²) < 4.78 is 52.9. The van der Waals surface area contributed by atoms with Crippen LogP contribution in [0.2, 0.25) is 0 Å². The first-order valence-corrected chi connectivity index (χ1v) is 14.2. The number of Topliss-reactive ketones (excluding diaryl/α,β-unsaturated/α-hetero) is 1. The summed E-state index contributed by atoms with van der Waals surface area (Å²) >= 11 is 0. The highest BCUT2D eigenvalue weighted by atomic mass is 32.2. The van der Waals surface area contributed by atoms with Gasteiger partial charge in [-0.2, -0.15) is 4.31 Å². The number of sulfonamides is 1. The summed E-state index contributed by atoms with van der Waals surface area (Å²) in [5.41, 5.74) is -0.00828. The van der Waals surface area contributed by atoms with Crippen molar-refractivity contribution in [2.75, 3.05) is 65.7 Å². The van der Waals surface area contributed by atoms with Crippen molar-refractivity contribution in [2.24, 2.45) is 0 Å². The van der Waals surface area contributed by atoms with E-state index in [1.165, 1.54) is 51.7 Å². The van der Waals surface area contributed by atoms with Crippen LogP contribution in [0, 0.1) is 5.82 Å². The van der Waals surface area contributed by atoms with Crippen molar-refractivity contribution in [2.45, 2.75) is 10.9 Å². The maximum Gasteiger partial charge on any atom is 0.295 e. The Labute approximate surface area is 226 Å².